The van der Waals surface area contributed by atoms with Gasteiger partial charge in [0, 0.05) is 57.6 Å². The second-order valence-electron chi connectivity index (χ2n) is 31.4. The van der Waals surface area contributed by atoms with E-state index in [1.807, 2.05) is 0 Å². The van der Waals surface area contributed by atoms with Crippen molar-refractivity contribution in [3.05, 3.63) is 146 Å². The average molecular weight is 2040 g/mol. The van der Waals surface area contributed by atoms with Crippen molar-refractivity contribution in [3.8, 4) is 235 Å². The summed E-state index contributed by atoms with van der Waals surface area (Å²) in [5.41, 5.74) is -23.6. The first-order valence-corrected chi connectivity index (χ1v) is 40.2. The number of phenols is 31. The van der Waals surface area contributed by atoms with Crippen molar-refractivity contribution in [1.82, 2.24) is 0 Å². The molecule has 2 saturated heterocycles. The SMILES string of the molecule is O=C(OC[C@H]1O[C@@H](OC(=O)c2cc(O)c(O)c(O)c2)[C@H]2OC(=O)c3cc(O)c(O)c(O)c3-c3c(cc(Oc4c(C(=O)O)cc(O)c(O)c4O)c(O)c3O)C(=O)O[C@@H]2[C@H]1OC(=O)c1cc(O)c(O)c(O)c1Oc1cc2c(c(O)c1O)-c1c(cc(O)c(O)c1O)C(=O)O[C@@H]1[C@H](OC(=O)c3cc(O)c(O)c(O)c3)O[C@H]3COC(=O)c4cc(O)c(O)c(O)c4-c4c(cc(O)c(O)c4O)C(=O)O[C@H]3[C@@H]1OC2=O)c1cc(O)c(O)c(O)c1. The van der Waals surface area contributed by atoms with Crippen LogP contribution in [-0.2, 0) is 56.8 Å². The third kappa shape index (κ3) is 16.5. The molecule has 57 nitrogen and oxygen atoms in total. The van der Waals surface area contributed by atoms with Crippen LogP contribution in [-0.4, -0.2) is 304 Å². The Labute approximate surface area is 800 Å². The van der Waals surface area contributed by atoms with Gasteiger partial charge < -0.3 is 230 Å². The fourth-order valence-corrected chi connectivity index (χ4v) is 15.6. The normalized spacial score (nSPS) is 18.8. The van der Waals surface area contributed by atoms with E-state index in [1.54, 1.807) is 0 Å². The highest BCUT2D eigenvalue weighted by Gasteiger charge is 2.59. The van der Waals surface area contributed by atoms with Crippen LogP contribution >= 0.6 is 0 Å². The Hall–Kier alpha value is -21.1. The third-order valence-electron chi connectivity index (χ3n) is 22.6. The maximum absolute atomic E-state index is 16.1. The van der Waals surface area contributed by atoms with Crippen LogP contribution in [0.5, 0.6) is 201 Å². The number of fused-ring (bicyclic) bond motifs is 13. The number of carboxylic acids is 1. The largest absolute Gasteiger partial charge is 0.504 e. The van der Waals surface area contributed by atoms with Crippen LogP contribution in [0.1, 0.15) is 114 Å². The monoisotopic (exact) mass is 2040 g/mol. The number of hydrogen-bond donors (Lipinski definition) is 32. The molecule has 32 N–H and O–H groups in total. The van der Waals surface area contributed by atoms with Gasteiger partial charge in [-0.15, -0.1) is 0 Å². The Morgan fingerprint density at radius 2 is 0.548 bits per heavy atom. The van der Waals surface area contributed by atoms with E-state index in [2.05, 4.69) is 0 Å². The summed E-state index contributed by atoms with van der Waals surface area (Å²) in [5, 5.41) is 355. The smallest absolute Gasteiger partial charge is 0.342 e. The highest BCUT2D eigenvalue weighted by atomic mass is 16.8. The summed E-state index contributed by atoms with van der Waals surface area (Å²) < 4.78 is 80.4. The van der Waals surface area contributed by atoms with Crippen LogP contribution in [0.2, 0.25) is 0 Å². The Morgan fingerprint density at radius 3 is 0.918 bits per heavy atom. The zero-order chi connectivity index (χ0) is 106. The summed E-state index contributed by atoms with van der Waals surface area (Å²) in [6.45, 7) is -3.33. The molecule has 758 valence electrons. The van der Waals surface area contributed by atoms with Gasteiger partial charge in [0.15, 0.2) is 168 Å². The highest BCUT2D eigenvalue weighted by molar-refractivity contribution is 6.13. The van der Waals surface area contributed by atoms with Crippen LogP contribution in [0.25, 0.3) is 33.4 Å². The molecule has 0 saturated carbocycles. The van der Waals surface area contributed by atoms with E-state index in [1.165, 1.54) is 0 Å². The molecule has 5 aliphatic heterocycles. The summed E-state index contributed by atoms with van der Waals surface area (Å²) in [6.07, 6.45) is -29.8. The average Bonchev–Trinajstić information content (AvgIpc) is 0.801. The number of benzene rings is 11. The molecule has 0 amide bonds. The topological polar surface area (TPSA) is 964 Å². The van der Waals surface area contributed by atoms with Gasteiger partial charge in [-0.3, -0.25) is 0 Å². The quantitative estimate of drug-likeness (QED) is 0.0401. The zero-order valence-electron chi connectivity index (χ0n) is 71.3. The second kappa shape index (κ2) is 36.0. The second-order valence-corrected chi connectivity index (χ2v) is 31.4. The van der Waals surface area contributed by atoms with Crippen molar-refractivity contribution in [3.63, 3.8) is 0 Å². The van der Waals surface area contributed by atoms with E-state index in [9.17, 15) is 187 Å². The molecule has 0 bridgehead atoms. The zero-order valence-corrected chi connectivity index (χ0v) is 71.3. The Morgan fingerprint density at radius 1 is 0.267 bits per heavy atom. The minimum Gasteiger partial charge on any atom is -0.504 e. The maximum atomic E-state index is 16.1. The summed E-state index contributed by atoms with van der Waals surface area (Å²) in [6, 6.07) is 3.61. The van der Waals surface area contributed by atoms with Gasteiger partial charge in [0.1, 0.15) is 36.5 Å². The van der Waals surface area contributed by atoms with Gasteiger partial charge in [-0.1, -0.05) is 0 Å². The highest BCUT2D eigenvalue weighted by Crippen LogP contribution is 2.61. The van der Waals surface area contributed by atoms with Gasteiger partial charge in [0.25, 0.3) is 0 Å². The number of hydrogen-bond acceptors (Lipinski definition) is 56. The molecule has 2 fully saturated rings. The number of phenolic OH excluding ortho intramolecular Hbond substituents is 31. The Balaban J connectivity index is 0.873. The molecule has 5 aliphatic rings. The Kier molecular flexibility index (Phi) is 24.2. The number of aromatic hydroxyl groups is 31. The summed E-state index contributed by atoms with van der Waals surface area (Å²) >= 11 is 0. The predicted octanol–water partition coefficient (Wildman–Crippen LogP) is 4.62. The van der Waals surface area contributed by atoms with Crippen LogP contribution in [0.15, 0.2) is 84.9 Å². The van der Waals surface area contributed by atoms with Gasteiger partial charge in [-0.25, -0.2) is 52.7 Å². The van der Waals surface area contributed by atoms with E-state index in [0.29, 0.717) is 42.5 Å². The molecule has 0 aliphatic carbocycles. The number of esters is 10. The van der Waals surface area contributed by atoms with E-state index in [0.717, 1.165) is 0 Å². The van der Waals surface area contributed by atoms with Crippen LogP contribution < -0.4 is 9.47 Å². The lowest BCUT2D eigenvalue weighted by atomic mass is 9.90. The molecule has 11 aromatic carbocycles. The van der Waals surface area contributed by atoms with E-state index in [4.69, 9.17) is 66.3 Å². The minimum absolute atomic E-state index is 0.00277. The first-order valence-electron chi connectivity index (χ1n) is 40.2. The summed E-state index contributed by atoms with van der Waals surface area (Å²) in [5.74, 6) is -78.9. The molecule has 0 spiro atoms. The lowest BCUT2D eigenvalue weighted by Crippen LogP contribution is -2.63. The molecule has 10 atom stereocenters. The van der Waals surface area contributed by atoms with Crippen molar-refractivity contribution in [1.29, 1.82) is 0 Å². The van der Waals surface area contributed by atoms with Crippen molar-refractivity contribution in [2.45, 2.75) is 61.4 Å². The molecular formula is C89H60O57. The van der Waals surface area contributed by atoms with Gasteiger partial charge >= 0.3 is 65.7 Å². The molecule has 11 aromatic rings. The van der Waals surface area contributed by atoms with Crippen molar-refractivity contribution >= 4 is 65.7 Å². The maximum Gasteiger partial charge on any atom is 0.342 e. The molecule has 0 radical (unpaired) electrons. The first-order chi connectivity index (χ1) is 68.7. The first kappa shape index (κ1) is 98.0. The van der Waals surface area contributed by atoms with E-state index >= 15 is 28.8 Å². The van der Waals surface area contributed by atoms with Crippen molar-refractivity contribution < 1.29 is 282 Å². The molecular weight excluding hydrogens is 1980 g/mol. The van der Waals surface area contributed by atoms with Gasteiger partial charge in [0.2, 0.25) is 82.3 Å². The molecule has 5 heterocycles. The minimum atomic E-state index is -3.21. The van der Waals surface area contributed by atoms with Crippen LogP contribution in [0.3, 0.4) is 0 Å². The molecule has 0 aromatic heterocycles. The number of carbonyl (C=O) groups excluding carboxylic acids is 10. The number of ether oxygens (including phenoxy) is 14. The van der Waals surface area contributed by atoms with Crippen LogP contribution in [0.4, 0.5) is 0 Å². The number of aromatic carboxylic acids is 1. The van der Waals surface area contributed by atoms with E-state index < -0.39 is 436 Å². The lowest BCUT2D eigenvalue weighted by Gasteiger charge is -2.44. The third-order valence-corrected chi connectivity index (χ3v) is 22.6. The molecule has 16 rings (SSSR count). The predicted molar refractivity (Wildman–Crippen MR) is 450 cm³/mol. The Bertz CT molecular complexity index is 7550. The van der Waals surface area contributed by atoms with E-state index in [-0.39, 0.29) is 42.5 Å². The van der Waals surface area contributed by atoms with Crippen LogP contribution in [0, 0.1) is 0 Å². The number of rotatable bonds is 14. The summed E-state index contributed by atoms with van der Waals surface area (Å²) in [7, 11) is 0. The summed E-state index contributed by atoms with van der Waals surface area (Å²) in [4.78, 5) is 164. The van der Waals surface area contributed by atoms with Gasteiger partial charge in [-0.05, 0) is 60.7 Å². The standard InChI is InChI=1S/C89H60O57/c90-28-1-17(2-29(91)50(28)102)78(123)133-15-42-72(74-76(88(137-42)145-79(124)18-3-30(92)51(103)31(93)4-18)144-84(129)22-9-36(98)55(107)63(115)46(22)48-24(85(130)142-74)13-40(59(111)65(48)117)135-69-26(77(121)122)11-38(100)57(109)67(69)119)140-87(132)27-12-39(101)58(110)68(120)70(27)136-41-14-25-49(66(118)60(41)112)47-23(10-37(99)56(108)64(47)116)83(128)143-75-73(141-86(25)131)71-43(138-89(75)146-80(125)19-5-32(94)52(104)33(95)6-19)16-134-81(126)20-7-34(96)53(105)61(113)44(20)45-21(82(127)139-71)8-35(97)54(106)62(45)114/h1-14,42-43,71-76,88-120H,15-16H2,(H,121,122)/t42-,43+,71-,72+,73+,74-,75+,76+,88+,89+/m1/s1. The van der Waals surface area contributed by atoms with Gasteiger partial charge in [-0.2, -0.15) is 0 Å². The van der Waals surface area contributed by atoms with Gasteiger partial charge in [0.05, 0.1) is 50.1 Å². The number of carbonyl (C=O) groups is 11. The fourth-order valence-electron chi connectivity index (χ4n) is 15.6. The molecule has 57 heteroatoms. The van der Waals surface area contributed by atoms with Crippen molar-refractivity contribution in [2.24, 2.45) is 0 Å². The number of cyclic esters (lactones) is 1. The molecule has 0 unspecified atom stereocenters. The molecule has 146 heavy (non-hydrogen) atoms. The fraction of sp³-hybridized carbons (Fsp3) is 0.135. The van der Waals surface area contributed by atoms with Crippen molar-refractivity contribution in [2.75, 3.05) is 13.2 Å². The lowest BCUT2D eigenvalue weighted by molar-refractivity contribution is -0.283. The number of carboxylic acid groups (broad SMARTS) is 1.